The summed E-state index contributed by atoms with van der Waals surface area (Å²) in [6.07, 6.45) is 0.714. The van der Waals surface area contributed by atoms with Crippen LogP contribution >= 0.6 is 15.9 Å². The summed E-state index contributed by atoms with van der Waals surface area (Å²) >= 11 is 3.03. The fraction of sp³-hybridized carbons (Fsp3) is 0.571. The molecule has 1 unspecified atom stereocenters. The van der Waals surface area contributed by atoms with Gasteiger partial charge < -0.3 is 0 Å². The van der Waals surface area contributed by atoms with Crippen LogP contribution in [0, 0.1) is 5.41 Å². The second kappa shape index (κ2) is 3.87. The number of nitrogens with zero attached hydrogens (tertiary/aromatic N) is 1. The van der Waals surface area contributed by atoms with Gasteiger partial charge in [0.25, 0.3) is 5.91 Å². The van der Waals surface area contributed by atoms with E-state index in [2.05, 4.69) is 21.2 Å². The van der Waals surface area contributed by atoms with Crippen molar-refractivity contribution in [2.24, 2.45) is 0 Å². The Morgan fingerprint density at radius 2 is 2.23 bits per heavy atom. The molecule has 13 heavy (non-hydrogen) atoms. The quantitative estimate of drug-likeness (QED) is 0.705. The first-order valence-corrected chi connectivity index (χ1v) is 4.84. The SMILES string of the molecule is CCCN1C(=O)NC(=N)C(Br)C1=O. The fourth-order valence-corrected chi connectivity index (χ4v) is 1.40. The number of alkyl halides is 1. The molecule has 0 aromatic carbocycles. The van der Waals surface area contributed by atoms with Crippen molar-refractivity contribution >= 4 is 33.7 Å². The normalized spacial score (nSPS) is 23.4. The Balaban J connectivity index is 2.79. The Bertz CT molecular complexity index is 266. The standard InChI is InChI=1S/C7H10BrN3O2/c1-2-3-11-6(12)4(8)5(9)10-7(11)13/h4H,2-3H2,1H3,(H2,9,10,13). The first kappa shape index (κ1) is 10.2. The van der Waals surface area contributed by atoms with Crippen molar-refractivity contribution in [3.05, 3.63) is 0 Å². The predicted molar refractivity (Wildman–Crippen MR) is 51.0 cm³/mol. The highest BCUT2D eigenvalue weighted by atomic mass is 79.9. The minimum Gasteiger partial charge on any atom is -0.294 e. The molecule has 0 aromatic rings. The van der Waals surface area contributed by atoms with E-state index in [9.17, 15) is 9.59 Å². The van der Waals surface area contributed by atoms with Crippen LogP contribution in [0.15, 0.2) is 0 Å². The van der Waals surface area contributed by atoms with E-state index in [0.717, 1.165) is 4.90 Å². The first-order valence-electron chi connectivity index (χ1n) is 3.92. The Morgan fingerprint density at radius 3 is 2.77 bits per heavy atom. The molecule has 1 heterocycles. The summed E-state index contributed by atoms with van der Waals surface area (Å²) in [6.45, 7) is 2.27. The zero-order valence-corrected chi connectivity index (χ0v) is 8.72. The van der Waals surface area contributed by atoms with Crippen LogP contribution in [-0.4, -0.2) is 34.0 Å². The molecule has 3 amide bonds. The van der Waals surface area contributed by atoms with Crippen molar-refractivity contribution < 1.29 is 9.59 Å². The molecular weight excluding hydrogens is 238 g/mol. The zero-order chi connectivity index (χ0) is 10.0. The van der Waals surface area contributed by atoms with Gasteiger partial charge in [-0.3, -0.25) is 20.4 Å². The number of urea groups is 1. The predicted octanol–water partition coefficient (Wildman–Crippen LogP) is 0.689. The van der Waals surface area contributed by atoms with E-state index in [4.69, 9.17) is 5.41 Å². The van der Waals surface area contributed by atoms with Crippen molar-refractivity contribution in [2.75, 3.05) is 6.54 Å². The maximum absolute atomic E-state index is 11.4. The van der Waals surface area contributed by atoms with Crippen LogP contribution in [0.1, 0.15) is 13.3 Å². The molecule has 1 fully saturated rings. The van der Waals surface area contributed by atoms with Gasteiger partial charge in [-0.25, -0.2) is 4.79 Å². The highest BCUT2D eigenvalue weighted by molar-refractivity contribution is 9.10. The number of hydrogen-bond donors (Lipinski definition) is 2. The second-order valence-electron chi connectivity index (χ2n) is 2.70. The largest absolute Gasteiger partial charge is 0.329 e. The van der Waals surface area contributed by atoms with E-state index >= 15 is 0 Å². The Hall–Kier alpha value is -0.910. The van der Waals surface area contributed by atoms with Crippen molar-refractivity contribution in [3.63, 3.8) is 0 Å². The third-order valence-electron chi connectivity index (χ3n) is 1.67. The lowest BCUT2D eigenvalue weighted by Crippen LogP contribution is -2.58. The number of carbonyl (C=O) groups excluding carboxylic acids is 2. The third kappa shape index (κ3) is 1.88. The van der Waals surface area contributed by atoms with Gasteiger partial charge in [-0.2, -0.15) is 0 Å². The van der Waals surface area contributed by atoms with Crippen molar-refractivity contribution in [1.29, 1.82) is 5.41 Å². The maximum Gasteiger partial charge on any atom is 0.329 e. The lowest BCUT2D eigenvalue weighted by atomic mass is 10.2. The number of carbonyl (C=O) groups is 2. The van der Waals surface area contributed by atoms with E-state index in [1.165, 1.54) is 0 Å². The van der Waals surface area contributed by atoms with E-state index in [1.54, 1.807) is 0 Å². The summed E-state index contributed by atoms with van der Waals surface area (Å²) < 4.78 is 0. The van der Waals surface area contributed by atoms with Crippen LogP contribution in [0.5, 0.6) is 0 Å². The van der Waals surface area contributed by atoms with Gasteiger partial charge in [0.15, 0.2) is 4.83 Å². The second-order valence-corrected chi connectivity index (χ2v) is 3.61. The minimum atomic E-state index is -0.711. The van der Waals surface area contributed by atoms with Gasteiger partial charge in [-0.05, 0) is 6.42 Å². The van der Waals surface area contributed by atoms with Gasteiger partial charge in [0.2, 0.25) is 0 Å². The number of amidine groups is 1. The fourth-order valence-electron chi connectivity index (χ4n) is 1.04. The molecule has 1 saturated heterocycles. The lowest BCUT2D eigenvalue weighted by Gasteiger charge is -2.28. The van der Waals surface area contributed by atoms with Crippen molar-refractivity contribution in [2.45, 2.75) is 18.2 Å². The summed E-state index contributed by atoms with van der Waals surface area (Å²) in [5, 5.41) is 9.55. The van der Waals surface area contributed by atoms with Gasteiger partial charge in [-0.1, -0.05) is 22.9 Å². The van der Waals surface area contributed by atoms with E-state index in [1.807, 2.05) is 6.92 Å². The van der Waals surface area contributed by atoms with Crippen LogP contribution in [-0.2, 0) is 4.79 Å². The smallest absolute Gasteiger partial charge is 0.294 e. The molecule has 0 radical (unpaired) electrons. The number of imide groups is 1. The monoisotopic (exact) mass is 247 g/mol. The molecule has 5 nitrogen and oxygen atoms in total. The van der Waals surface area contributed by atoms with Gasteiger partial charge in [0.05, 0.1) is 0 Å². The number of hydrogen-bond acceptors (Lipinski definition) is 3. The van der Waals surface area contributed by atoms with Crippen molar-refractivity contribution in [3.8, 4) is 0 Å². The average molecular weight is 248 g/mol. The first-order chi connectivity index (χ1) is 6.07. The summed E-state index contributed by atoms with van der Waals surface area (Å²) in [5.74, 6) is -0.460. The summed E-state index contributed by atoms with van der Waals surface area (Å²) in [4.78, 5) is 23.0. The van der Waals surface area contributed by atoms with Crippen molar-refractivity contribution in [1.82, 2.24) is 10.2 Å². The molecule has 2 N–H and O–H groups in total. The Morgan fingerprint density at radius 1 is 1.62 bits per heavy atom. The number of halogens is 1. The Labute approximate surface area is 84.1 Å². The molecule has 1 rings (SSSR count). The molecule has 72 valence electrons. The lowest BCUT2D eigenvalue weighted by molar-refractivity contribution is -0.126. The molecule has 0 spiro atoms. The number of rotatable bonds is 2. The van der Waals surface area contributed by atoms with E-state index < -0.39 is 10.9 Å². The molecule has 0 saturated carbocycles. The molecular formula is C7H10BrN3O2. The minimum absolute atomic E-state index is 0.0950. The van der Waals surface area contributed by atoms with Gasteiger partial charge in [0.1, 0.15) is 5.84 Å². The summed E-state index contributed by atoms with van der Waals surface area (Å²) in [7, 11) is 0. The van der Waals surface area contributed by atoms with Gasteiger partial charge in [-0.15, -0.1) is 0 Å². The van der Waals surface area contributed by atoms with E-state index in [-0.39, 0.29) is 11.7 Å². The average Bonchev–Trinajstić information content (AvgIpc) is 2.09. The molecule has 1 aliphatic heterocycles. The van der Waals surface area contributed by atoms with Gasteiger partial charge >= 0.3 is 6.03 Å². The molecule has 1 atom stereocenters. The summed E-state index contributed by atoms with van der Waals surface area (Å²) in [6, 6.07) is -0.507. The molecule has 6 heteroatoms. The van der Waals surface area contributed by atoms with Gasteiger partial charge in [0, 0.05) is 6.54 Å². The van der Waals surface area contributed by atoms with E-state index in [0.29, 0.717) is 13.0 Å². The number of amides is 3. The topological polar surface area (TPSA) is 73.3 Å². The number of nitrogens with one attached hydrogen (secondary N) is 2. The zero-order valence-electron chi connectivity index (χ0n) is 7.13. The molecule has 0 aromatic heterocycles. The van der Waals surface area contributed by atoms with Crippen LogP contribution in [0.3, 0.4) is 0 Å². The molecule has 1 aliphatic rings. The van der Waals surface area contributed by atoms with Crippen LogP contribution < -0.4 is 5.32 Å². The maximum atomic E-state index is 11.4. The highest BCUT2D eigenvalue weighted by Crippen LogP contribution is 2.11. The highest BCUT2D eigenvalue weighted by Gasteiger charge is 2.35. The Kier molecular flexibility index (Phi) is 3.02. The van der Waals surface area contributed by atoms with Crippen LogP contribution in [0.4, 0.5) is 4.79 Å². The van der Waals surface area contributed by atoms with Crippen LogP contribution in [0.25, 0.3) is 0 Å². The molecule has 0 aliphatic carbocycles. The van der Waals surface area contributed by atoms with Crippen LogP contribution in [0.2, 0.25) is 0 Å². The third-order valence-corrected chi connectivity index (χ3v) is 2.52. The molecule has 0 bridgehead atoms. The summed E-state index contributed by atoms with van der Waals surface area (Å²) in [5.41, 5.74) is 0.